The molecule has 4 heteroatoms. The van der Waals surface area contributed by atoms with Crippen molar-refractivity contribution in [2.24, 2.45) is 5.73 Å². The van der Waals surface area contributed by atoms with Gasteiger partial charge in [0, 0.05) is 11.1 Å². The molecule has 0 aromatic heterocycles. The average molecular weight is 303 g/mol. The average Bonchev–Trinajstić information content (AvgIpc) is 2.51. The van der Waals surface area contributed by atoms with Crippen molar-refractivity contribution in [3.05, 3.63) is 70.8 Å². The van der Waals surface area contributed by atoms with Gasteiger partial charge in [0.2, 0.25) is 0 Å². The Labute approximate surface area is 128 Å². The van der Waals surface area contributed by atoms with E-state index in [0.29, 0.717) is 12.1 Å². The zero-order valence-electron chi connectivity index (χ0n) is 12.0. The van der Waals surface area contributed by atoms with Crippen LogP contribution < -0.4 is 5.73 Å². The molecular formula is C18H16F3N. The van der Waals surface area contributed by atoms with Crippen LogP contribution in [-0.4, -0.2) is 6.54 Å². The third-order valence-electron chi connectivity index (χ3n) is 3.14. The van der Waals surface area contributed by atoms with Gasteiger partial charge in [0.05, 0.1) is 5.56 Å². The summed E-state index contributed by atoms with van der Waals surface area (Å²) in [6.07, 6.45) is -2.58. The minimum atomic E-state index is -4.35. The van der Waals surface area contributed by atoms with E-state index in [4.69, 9.17) is 5.73 Å². The van der Waals surface area contributed by atoms with Gasteiger partial charge < -0.3 is 5.73 Å². The predicted octanol–water partition coefficient (Wildman–Crippen LogP) is 4.00. The second-order valence-corrected chi connectivity index (χ2v) is 4.92. The number of alkyl halides is 3. The summed E-state index contributed by atoms with van der Waals surface area (Å²) in [5.41, 5.74) is 7.05. The van der Waals surface area contributed by atoms with E-state index in [1.54, 1.807) is 6.07 Å². The van der Waals surface area contributed by atoms with Crippen LogP contribution >= 0.6 is 0 Å². The van der Waals surface area contributed by atoms with Gasteiger partial charge in [0.25, 0.3) is 0 Å². The van der Waals surface area contributed by atoms with Crippen LogP contribution in [0.2, 0.25) is 0 Å². The quantitative estimate of drug-likeness (QED) is 0.852. The molecule has 0 bridgehead atoms. The van der Waals surface area contributed by atoms with Gasteiger partial charge in [-0.1, -0.05) is 30.0 Å². The molecule has 0 atom stereocenters. The fraction of sp³-hybridized carbons (Fsp3) is 0.222. The minimum absolute atomic E-state index is 0.349. The van der Waals surface area contributed by atoms with E-state index < -0.39 is 11.7 Å². The summed E-state index contributed by atoms with van der Waals surface area (Å²) in [6.45, 7) is 0.625. The molecule has 0 fully saturated rings. The lowest BCUT2D eigenvalue weighted by Crippen LogP contribution is -2.04. The van der Waals surface area contributed by atoms with Crippen molar-refractivity contribution < 1.29 is 13.2 Å². The molecule has 0 radical (unpaired) electrons. The Morgan fingerprint density at radius 2 is 1.55 bits per heavy atom. The van der Waals surface area contributed by atoms with Gasteiger partial charge in [-0.15, -0.1) is 0 Å². The molecule has 0 saturated carbocycles. The number of aryl methyl sites for hydroxylation is 1. The number of nitrogens with two attached hydrogens (primary N) is 1. The van der Waals surface area contributed by atoms with Crippen LogP contribution in [0.15, 0.2) is 48.5 Å². The fourth-order valence-corrected chi connectivity index (χ4v) is 2.03. The largest absolute Gasteiger partial charge is 0.416 e. The highest BCUT2D eigenvalue weighted by Crippen LogP contribution is 2.29. The molecule has 0 spiro atoms. The lowest BCUT2D eigenvalue weighted by molar-refractivity contribution is -0.137. The van der Waals surface area contributed by atoms with Gasteiger partial charge in [0.15, 0.2) is 0 Å². The van der Waals surface area contributed by atoms with Crippen LogP contribution in [0, 0.1) is 11.8 Å². The maximum atomic E-state index is 12.6. The molecule has 2 aromatic carbocycles. The first-order chi connectivity index (χ1) is 10.5. The molecule has 0 aliphatic heterocycles. The summed E-state index contributed by atoms with van der Waals surface area (Å²) < 4.78 is 37.9. The molecule has 0 heterocycles. The molecule has 2 N–H and O–H groups in total. The number of benzene rings is 2. The Kier molecular flexibility index (Phi) is 5.24. The van der Waals surface area contributed by atoms with Gasteiger partial charge in [-0.3, -0.25) is 0 Å². The zero-order valence-corrected chi connectivity index (χ0v) is 12.0. The summed E-state index contributed by atoms with van der Waals surface area (Å²) in [5.74, 6) is 5.69. The van der Waals surface area contributed by atoms with E-state index in [1.807, 2.05) is 24.3 Å². The van der Waals surface area contributed by atoms with Gasteiger partial charge in [-0.25, -0.2) is 0 Å². The predicted molar refractivity (Wildman–Crippen MR) is 81.2 cm³/mol. The minimum Gasteiger partial charge on any atom is -0.330 e. The van der Waals surface area contributed by atoms with Gasteiger partial charge in [-0.2, -0.15) is 13.2 Å². The number of hydrogen-bond acceptors (Lipinski definition) is 1. The molecule has 0 aliphatic rings. The number of hydrogen-bond donors (Lipinski definition) is 1. The van der Waals surface area contributed by atoms with Crippen molar-refractivity contribution in [3.8, 4) is 11.8 Å². The van der Waals surface area contributed by atoms with Crippen LogP contribution in [0.5, 0.6) is 0 Å². The van der Waals surface area contributed by atoms with E-state index in [2.05, 4.69) is 11.8 Å². The fourth-order valence-electron chi connectivity index (χ4n) is 2.03. The second kappa shape index (κ2) is 7.15. The van der Waals surface area contributed by atoms with Crippen molar-refractivity contribution >= 4 is 0 Å². The highest BCUT2D eigenvalue weighted by Gasteiger charge is 2.30. The molecule has 22 heavy (non-hydrogen) atoms. The molecule has 0 unspecified atom stereocenters. The Morgan fingerprint density at radius 1 is 0.909 bits per heavy atom. The molecule has 2 aromatic rings. The highest BCUT2D eigenvalue weighted by atomic mass is 19.4. The maximum Gasteiger partial charge on any atom is 0.416 e. The maximum absolute atomic E-state index is 12.6. The third-order valence-corrected chi connectivity index (χ3v) is 3.14. The third kappa shape index (κ3) is 4.64. The van der Waals surface area contributed by atoms with E-state index >= 15 is 0 Å². The lowest BCUT2D eigenvalue weighted by Gasteiger charge is -2.05. The van der Waals surface area contributed by atoms with Crippen LogP contribution in [0.3, 0.4) is 0 Å². The Bertz CT molecular complexity index is 693. The highest BCUT2D eigenvalue weighted by molar-refractivity contribution is 5.45. The van der Waals surface area contributed by atoms with E-state index in [9.17, 15) is 13.2 Å². The summed E-state index contributed by atoms with van der Waals surface area (Å²) in [5, 5.41) is 0. The molecule has 1 nitrogen and oxygen atoms in total. The van der Waals surface area contributed by atoms with Gasteiger partial charge in [-0.05, 0) is 55.3 Å². The smallest absolute Gasteiger partial charge is 0.330 e. The molecule has 114 valence electrons. The zero-order chi connectivity index (χ0) is 16.0. The number of rotatable bonds is 3. The number of halogens is 3. The molecule has 0 saturated heterocycles. The molecular weight excluding hydrogens is 287 g/mol. The molecule has 2 rings (SSSR count). The van der Waals surface area contributed by atoms with Crippen molar-refractivity contribution in [1.82, 2.24) is 0 Å². The summed E-state index contributed by atoms with van der Waals surface area (Å²) in [7, 11) is 0. The van der Waals surface area contributed by atoms with E-state index in [1.165, 1.54) is 6.07 Å². The van der Waals surface area contributed by atoms with Crippen LogP contribution in [-0.2, 0) is 12.6 Å². The summed E-state index contributed by atoms with van der Waals surface area (Å²) in [6, 6.07) is 12.7. The normalized spacial score (nSPS) is 10.9. The Hall–Kier alpha value is -2.25. The molecule has 0 aliphatic carbocycles. The first-order valence-electron chi connectivity index (χ1n) is 6.97. The van der Waals surface area contributed by atoms with Crippen molar-refractivity contribution in [1.29, 1.82) is 0 Å². The monoisotopic (exact) mass is 303 g/mol. The first kappa shape index (κ1) is 16.1. The van der Waals surface area contributed by atoms with E-state index in [0.717, 1.165) is 36.1 Å². The van der Waals surface area contributed by atoms with Crippen LogP contribution in [0.4, 0.5) is 13.2 Å². The standard InChI is InChI=1S/C18H16F3N/c19-18(20,21)17-8-2-6-16(13-17)10-9-15-5-1-4-14(12-15)7-3-11-22/h1-2,4-6,8,12-13H,3,7,11,22H2. The van der Waals surface area contributed by atoms with Crippen LogP contribution in [0.1, 0.15) is 28.7 Å². The molecule has 0 amide bonds. The topological polar surface area (TPSA) is 26.0 Å². The Morgan fingerprint density at radius 3 is 2.18 bits per heavy atom. The summed E-state index contributed by atoms with van der Waals surface area (Å²) >= 11 is 0. The van der Waals surface area contributed by atoms with Crippen molar-refractivity contribution in [3.63, 3.8) is 0 Å². The first-order valence-corrected chi connectivity index (χ1v) is 6.97. The summed E-state index contributed by atoms with van der Waals surface area (Å²) in [4.78, 5) is 0. The van der Waals surface area contributed by atoms with E-state index in [-0.39, 0.29) is 0 Å². The Balaban J connectivity index is 2.20. The lowest BCUT2D eigenvalue weighted by atomic mass is 10.1. The van der Waals surface area contributed by atoms with Crippen molar-refractivity contribution in [2.45, 2.75) is 19.0 Å². The second-order valence-electron chi connectivity index (χ2n) is 4.92. The SMILES string of the molecule is NCCCc1cccc(C#Cc2cccc(C(F)(F)F)c2)c1. The van der Waals surface area contributed by atoms with Crippen LogP contribution in [0.25, 0.3) is 0 Å². The van der Waals surface area contributed by atoms with Crippen molar-refractivity contribution in [2.75, 3.05) is 6.54 Å². The van der Waals surface area contributed by atoms with Gasteiger partial charge in [0.1, 0.15) is 0 Å². The van der Waals surface area contributed by atoms with Gasteiger partial charge >= 0.3 is 6.18 Å².